The topological polar surface area (TPSA) is 87.6 Å². The van der Waals surface area contributed by atoms with Crippen LogP contribution in [0, 0.1) is 0 Å². The van der Waals surface area contributed by atoms with Gasteiger partial charge in [-0.15, -0.1) is 0 Å². The van der Waals surface area contributed by atoms with Gasteiger partial charge in [0, 0.05) is 19.1 Å². The van der Waals surface area contributed by atoms with Crippen molar-refractivity contribution < 1.29 is 27.8 Å². The number of likely N-dealkylation sites (tertiary alicyclic amines) is 1. The number of anilines is 1. The van der Waals surface area contributed by atoms with Crippen molar-refractivity contribution >= 4 is 23.6 Å². The lowest BCUT2D eigenvalue weighted by atomic mass is 10.3. The zero-order valence-electron chi connectivity index (χ0n) is 11.1. The van der Waals surface area contributed by atoms with Crippen LogP contribution in [0.1, 0.15) is 6.42 Å². The molecule has 122 valence electrons. The van der Waals surface area contributed by atoms with Gasteiger partial charge < -0.3 is 20.1 Å². The molecule has 1 amide bonds. The molecular weight excluding hydrogens is 329 g/mol. The molecule has 2 rings (SSSR count). The maximum absolute atomic E-state index is 12.1. The molecular formula is C11H12ClF3N4O3. The molecule has 1 fully saturated rings. The maximum atomic E-state index is 12.1. The van der Waals surface area contributed by atoms with Gasteiger partial charge in [-0.2, -0.15) is 18.2 Å². The molecule has 22 heavy (non-hydrogen) atoms. The minimum absolute atomic E-state index is 0.0267. The van der Waals surface area contributed by atoms with Gasteiger partial charge in [0.05, 0.1) is 6.20 Å². The summed E-state index contributed by atoms with van der Waals surface area (Å²) in [6.45, 7) is -0.919. The van der Waals surface area contributed by atoms with Gasteiger partial charge in [-0.3, -0.25) is 0 Å². The van der Waals surface area contributed by atoms with E-state index in [2.05, 4.69) is 20.0 Å². The number of halogens is 4. The number of aromatic nitrogens is 2. The number of ether oxygens (including phenoxy) is 1. The van der Waals surface area contributed by atoms with Gasteiger partial charge in [0.1, 0.15) is 5.02 Å². The predicted octanol–water partition coefficient (Wildman–Crippen LogP) is 2.24. The number of nitrogens with zero attached hydrogens (tertiary/aromatic N) is 3. The average molecular weight is 341 g/mol. The summed E-state index contributed by atoms with van der Waals surface area (Å²) in [4.78, 5) is 19.6. The zero-order chi connectivity index (χ0) is 16.3. The number of amides is 1. The molecule has 2 heterocycles. The molecule has 1 atom stereocenters. The Bertz CT molecular complexity index is 558. The molecule has 1 aliphatic heterocycles. The number of rotatable bonds is 4. The highest BCUT2D eigenvalue weighted by Crippen LogP contribution is 2.25. The number of nitrogens with one attached hydrogen (secondary N) is 1. The van der Waals surface area contributed by atoms with Crippen LogP contribution in [0.15, 0.2) is 6.20 Å². The van der Waals surface area contributed by atoms with E-state index < -0.39 is 18.9 Å². The first kappa shape index (κ1) is 16.4. The van der Waals surface area contributed by atoms with Crippen LogP contribution in [0.5, 0.6) is 5.88 Å². The fourth-order valence-electron chi connectivity index (χ4n) is 1.91. The van der Waals surface area contributed by atoms with Crippen molar-refractivity contribution in [3.05, 3.63) is 11.2 Å². The van der Waals surface area contributed by atoms with E-state index in [-0.39, 0.29) is 29.4 Å². The average Bonchev–Trinajstić information content (AvgIpc) is 2.87. The fourth-order valence-corrected chi connectivity index (χ4v) is 2.05. The number of hydrogen-bond donors (Lipinski definition) is 2. The largest absolute Gasteiger partial charge is 0.467 e. The molecule has 0 saturated carbocycles. The van der Waals surface area contributed by atoms with Crippen LogP contribution in [-0.2, 0) is 0 Å². The lowest BCUT2D eigenvalue weighted by Crippen LogP contribution is -2.30. The van der Waals surface area contributed by atoms with Crippen LogP contribution in [0.2, 0.25) is 5.02 Å². The van der Waals surface area contributed by atoms with Gasteiger partial charge in [0.25, 0.3) is 0 Å². The first-order chi connectivity index (χ1) is 10.2. The Kier molecular flexibility index (Phi) is 4.79. The quantitative estimate of drug-likeness (QED) is 0.874. The molecule has 0 aliphatic carbocycles. The standard InChI is InChI=1S/C11H12ClF3N4O3/c12-7-3-16-9(18-8(7)22-5-11(13,14)15)17-6-1-2-19(4-6)10(20)21/h3,6H,1-2,4-5H2,(H,20,21)(H,16,17,18). The minimum Gasteiger partial charge on any atom is -0.467 e. The summed E-state index contributed by atoms with van der Waals surface area (Å²) in [5.41, 5.74) is 0. The van der Waals surface area contributed by atoms with Crippen molar-refractivity contribution in [2.24, 2.45) is 0 Å². The molecule has 1 aliphatic rings. The molecule has 2 N–H and O–H groups in total. The summed E-state index contributed by atoms with van der Waals surface area (Å²) in [6, 6.07) is -0.229. The third kappa shape index (κ3) is 4.52. The van der Waals surface area contributed by atoms with Crippen LogP contribution < -0.4 is 10.1 Å². The Labute approximate surface area is 128 Å². The third-order valence-corrected chi connectivity index (χ3v) is 3.14. The van der Waals surface area contributed by atoms with Crippen LogP contribution in [0.25, 0.3) is 0 Å². The van der Waals surface area contributed by atoms with E-state index in [0.29, 0.717) is 13.0 Å². The van der Waals surface area contributed by atoms with Crippen LogP contribution in [0.4, 0.5) is 23.9 Å². The van der Waals surface area contributed by atoms with Gasteiger partial charge in [-0.25, -0.2) is 9.78 Å². The Hall–Kier alpha value is -1.97. The van der Waals surface area contributed by atoms with E-state index in [4.69, 9.17) is 16.7 Å². The highest BCUT2D eigenvalue weighted by Gasteiger charge is 2.30. The van der Waals surface area contributed by atoms with E-state index in [1.807, 2.05) is 0 Å². The number of hydrogen-bond acceptors (Lipinski definition) is 5. The Morgan fingerprint density at radius 1 is 1.59 bits per heavy atom. The smallest absolute Gasteiger partial charge is 0.422 e. The summed E-state index contributed by atoms with van der Waals surface area (Å²) >= 11 is 5.68. The van der Waals surface area contributed by atoms with Gasteiger partial charge in [0.15, 0.2) is 6.61 Å². The second-order valence-corrected chi connectivity index (χ2v) is 5.02. The van der Waals surface area contributed by atoms with Crippen molar-refractivity contribution in [2.75, 3.05) is 25.0 Å². The van der Waals surface area contributed by atoms with Crippen molar-refractivity contribution in [2.45, 2.75) is 18.6 Å². The molecule has 0 spiro atoms. The highest BCUT2D eigenvalue weighted by atomic mass is 35.5. The normalized spacial score (nSPS) is 18.4. The summed E-state index contributed by atoms with van der Waals surface area (Å²) in [7, 11) is 0. The SMILES string of the molecule is O=C(O)N1CCC(Nc2ncc(Cl)c(OCC(F)(F)F)n2)C1. The first-order valence-electron chi connectivity index (χ1n) is 6.21. The van der Waals surface area contributed by atoms with E-state index in [9.17, 15) is 18.0 Å². The molecule has 1 unspecified atom stereocenters. The van der Waals surface area contributed by atoms with Gasteiger partial charge in [0.2, 0.25) is 11.8 Å². The maximum Gasteiger partial charge on any atom is 0.422 e. The molecule has 0 radical (unpaired) electrons. The van der Waals surface area contributed by atoms with Crippen LogP contribution >= 0.6 is 11.6 Å². The number of carbonyl (C=O) groups is 1. The summed E-state index contributed by atoms with van der Waals surface area (Å²) in [5.74, 6) is -0.358. The summed E-state index contributed by atoms with van der Waals surface area (Å²) in [5, 5.41) is 11.5. The summed E-state index contributed by atoms with van der Waals surface area (Å²) < 4.78 is 40.9. The first-order valence-corrected chi connectivity index (χ1v) is 6.59. The lowest BCUT2D eigenvalue weighted by Gasteiger charge is -2.15. The van der Waals surface area contributed by atoms with Crippen LogP contribution in [-0.4, -0.2) is 58.0 Å². The molecule has 0 bridgehead atoms. The van der Waals surface area contributed by atoms with Crippen molar-refractivity contribution in [1.82, 2.24) is 14.9 Å². The Morgan fingerprint density at radius 3 is 2.91 bits per heavy atom. The zero-order valence-corrected chi connectivity index (χ0v) is 11.9. The lowest BCUT2D eigenvalue weighted by molar-refractivity contribution is -0.154. The predicted molar refractivity (Wildman–Crippen MR) is 70.2 cm³/mol. The molecule has 7 nitrogen and oxygen atoms in total. The van der Waals surface area contributed by atoms with E-state index in [1.165, 1.54) is 4.90 Å². The highest BCUT2D eigenvalue weighted by molar-refractivity contribution is 6.31. The Balaban J connectivity index is 1.99. The monoisotopic (exact) mass is 340 g/mol. The van der Waals surface area contributed by atoms with Crippen molar-refractivity contribution in [3.8, 4) is 5.88 Å². The molecule has 1 aromatic rings. The van der Waals surface area contributed by atoms with Gasteiger partial charge in [-0.1, -0.05) is 11.6 Å². The minimum atomic E-state index is -4.50. The summed E-state index contributed by atoms with van der Waals surface area (Å²) in [6.07, 6.45) is -3.88. The van der Waals surface area contributed by atoms with Crippen molar-refractivity contribution in [3.63, 3.8) is 0 Å². The number of carboxylic acid groups (broad SMARTS) is 1. The third-order valence-electron chi connectivity index (χ3n) is 2.88. The second kappa shape index (κ2) is 6.42. The van der Waals surface area contributed by atoms with Crippen LogP contribution in [0.3, 0.4) is 0 Å². The number of alkyl halides is 3. The van der Waals surface area contributed by atoms with Crippen molar-refractivity contribution in [1.29, 1.82) is 0 Å². The van der Waals surface area contributed by atoms with E-state index in [0.717, 1.165) is 6.20 Å². The van der Waals surface area contributed by atoms with E-state index >= 15 is 0 Å². The molecule has 0 aromatic carbocycles. The molecule has 11 heteroatoms. The van der Waals surface area contributed by atoms with Gasteiger partial charge >= 0.3 is 12.3 Å². The molecule has 1 aromatic heterocycles. The Morgan fingerprint density at radius 2 is 2.32 bits per heavy atom. The van der Waals surface area contributed by atoms with Gasteiger partial charge in [-0.05, 0) is 6.42 Å². The second-order valence-electron chi connectivity index (χ2n) is 4.61. The fraction of sp³-hybridized carbons (Fsp3) is 0.545. The molecule has 1 saturated heterocycles. The van der Waals surface area contributed by atoms with E-state index in [1.54, 1.807) is 0 Å².